The van der Waals surface area contributed by atoms with E-state index in [0.717, 1.165) is 28.0 Å². The molecule has 0 radical (unpaired) electrons. The van der Waals surface area contributed by atoms with Crippen LogP contribution in [0, 0.1) is 0 Å². The maximum Gasteiger partial charge on any atom is 0.224 e. The van der Waals surface area contributed by atoms with Crippen LogP contribution in [0.15, 0.2) is 42.5 Å². The molecule has 158 valence electrons. The van der Waals surface area contributed by atoms with Gasteiger partial charge in [-0.15, -0.1) is 0 Å². The van der Waals surface area contributed by atoms with E-state index in [0.29, 0.717) is 18.9 Å². The molecule has 1 aliphatic rings. The molecule has 1 amide bonds. The monoisotopic (exact) mass is 406 g/mol. The summed E-state index contributed by atoms with van der Waals surface area (Å²) in [5.41, 5.74) is 6.55. The molecule has 1 aliphatic carbocycles. The van der Waals surface area contributed by atoms with Crippen LogP contribution in [0.2, 0.25) is 0 Å². The zero-order valence-corrected chi connectivity index (χ0v) is 17.8. The van der Waals surface area contributed by atoms with Crippen LogP contribution in [-0.2, 0) is 21.2 Å². The molecule has 1 saturated carbocycles. The van der Waals surface area contributed by atoms with Gasteiger partial charge in [0.15, 0.2) is 0 Å². The molecule has 0 aliphatic heterocycles. The number of anilines is 1. The lowest BCUT2D eigenvalue weighted by atomic mass is 9.81. The van der Waals surface area contributed by atoms with Crippen LogP contribution in [0.25, 0.3) is 22.2 Å². The van der Waals surface area contributed by atoms with Gasteiger partial charge in [-0.3, -0.25) is 4.79 Å². The average molecular weight is 407 g/mol. The first-order chi connectivity index (χ1) is 14.7. The van der Waals surface area contributed by atoms with E-state index in [2.05, 4.69) is 34.6 Å². The van der Waals surface area contributed by atoms with Crippen LogP contribution in [0.5, 0.6) is 0 Å². The Kier molecular flexibility index (Phi) is 6.50. The van der Waals surface area contributed by atoms with Crippen molar-refractivity contribution >= 4 is 22.5 Å². The van der Waals surface area contributed by atoms with Crippen LogP contribution in [0.1, 0.15) is 62.5 Å². The lowest BCUT2D eigenvalue weighted by molar-refractivity contribution is -0.282. The van der Waals surface area contributed by atoms with Gasteiger partial charge in [-0.2, -0.15) is 0 Å². The Morgan fingerprint density at radius 3 is 2.70 bits per heavy atom. The minimum absolute atomic E-state index is 0.0248. The molecule has 0 saturated heterocycles. The third-order valence-corrected chi connectivity index (χ3v) is 6.05. The number of hydrogen-bond donors (Lipinski definition) is 2. The quantitative estimate of drug-likeness (QED) is 0.357. The minimum atomic E-state index is 0.0248. The first kappa shape index (κ1) is 20.6. The summed E-state index contributed by atoms with van der Waals surface area (Å²) in [6.45, 7) is 2.28. The Morgan fingerprint density at radius 1 is 1.13 bits per heavy atom. The predicted molar refractivity (Wildman–Crippen MR) is 120 cm³/mol. The van der Waals surface area contributed by atoms with Crippen LogP contribution in [0.3, 0.4) is 0 Å². The summed E-state index contributed by atoms with van der Waals surface area (Å²) < 4.78 is 0. The summed E-state index contributed by atoms with van der Waals surface area (Å²) in [7, 11) is 1.52. The molecular weight excluding hydrogens is 376 g/mol. The van der Waals surface area contributed by atoms with E-state index in [4.69, 9.17) is 9.78 Å². The highest BCUT2D eigenvalue weighted by molar-refractivity contribution is 5.98. The Morgan fingerprint density at radius 2 is 1.93 bits per heavy atom. The van der Waals surface area contributed by atoms with Gasteiger partial charge in [-0.1, -0.05) is 56.5 Å². The van der Waals surface area contributed by atoms with Crippen molar-refractivity contribution in [2.24, 2.45) is 0 Å². The molecule has 1 aromatic heterocycles. The summed E-state index contributed by atoms with van der Waals surface area (Å²) in [4.78, 5) is 25.7. The molecule has 1 heterocycles. The van der Waals surface area contributed by atoms with E-state index in [1.165, 1.54) is 50.2 Å². The van der Waals surface area contributed by atoms with Crippen molar-refractivity contribution in [3.8, 4) is 11.3 Å². The molecule has 1 fully saturated rings. The number of para-hydroxylation sites is 1. The highest BCUT2D eigenvalue weighted by Gasteiger charge is 2.25. The Bertz CT molecular complexity index is 1020. The Balaban J connectivity index is 1.84. The molecule has 0 bridgehead atoms. The molecule has 0 spiro atoms. The van der Waals surface area contributed by atoms with E-state index >= 15 is 0 Å². The number of fused-ring (bicyclic) bond motifs is 1. The second-order valence-electron chi connectivity index (χ2n) is 8.00. The van der Waals surface area contributed by atoms with Gasteiger partial charge in [-0.05, 0) is 42.0 Å². The van der Waals surface area contributed by atoms with E-state index in [1.54, 1.807) is 0 Å². The van der Waals surface area contributed by atoms with Crippen molar-refractivity contribution in [2.75, 3.05) is 12.4 Å². The molecule has 0 unspecified atom stereocenters. The maximum atomic E-state index is 12.1. The molecule has 2 aromatic carbocycles. The first-order valence-electron chi connectivity index (χ1n) is 10.9. The van der Waals surface area contributed by atoms with Gasteiger partial charge in [0.2, 0.25) is 5.91 Å². The van der Waals surface area contributed by atoms with Gasteiger partial charge in [0.05, 0.1) is 18.5 Å². The second-order valence-corrected chi connectivity index (χ2v) is 8.00. The Labute approximate surface area is 177 Å². The topological polar surface area (TPSA) is 63.4 Å². The van der Waals surface area contributed by atoms with Gasteiger partial charge in [-0.25, -0.2) is 9.78 Å². The molecule has 0 atom stereocenters. The molecule has 4 rings (SSSR count). The van der Waals surface area contributed by atoms with E-state index in [-0.39, 0.29) is 5.91 Å². The van der Waals surface area contributed by atoms with Crippen LogP contribution < -0.4 is 5.32 Å². The minimum Gasteiger partial charge on any atom is -0.354 e. The fourth-order valence-electron chi connectivity index (χ4n) is 4.56. The fraction of sp³-hybridized carbons (Fsp3) is 0.400. The highest BCUT2D eigenvalue weighted by atomic mass is 17.2. The largest absolute Gasteiger partial charge is 0.354 e. The van der Waals surface area contributed by atoms with E-state index in [9.17, 15) is 4.79 Å². The molecule has 3 aromatic rings. The SMILES string of the molecule is CCC(=O)Nc1ccccc1-c1[nH]c2cc(COOC)ccc2c1C1CCCCC1. The third kappa shape index (κ3) is 4.27. The molecular formula is C25H30N2O3. The fourth-order valence-corrected chi connectivity index (χ4v) is 4.56. The molecule has 5 nitrogen and oxygen atoms in total. The number of benzene rings is 2. The van der Waals surface area contributed by atoms with Gasteiger partial charge in [0.25, 0.3) is 0 Å². The smallest absolute Gasteiger partial charge is 0.224 e. The summed E-state index contributed by atoms with van der Waals surface area (Å²) >= 11 is 0. The number of aromatic nitrogens is 1. The van der Waals surface area contributed by atoms with Crippen molar-refractivity contribution < 1.29 is 14.6 Å². The van der Waals surface area contributed by atoms with E-state index in [1.807, 2.05) is 25.1 Å². The second kappa shape index (κ2) is 9.45. The zero-order chi connectivity index (χ0) is 20.9. The third-order valence-electron chi connectivity index (χ3n) is 6.05. The van der Waals surface area contributed by atoms with E-state index < -0.39 is 0 Å². The number of hydrogen-bond acceptors (Lipinski definition) is 3. The predicted octanol–water partition coefficient (Wildman–Crippen LogP) is 6.31. The van der Waals surface area contributed by atoms with Crippen molar-refractivity contribution in [3.05, 3.63) is 53.6 Å². The number of rotatable bonds is 7. The number of aromatic amines is 1. The van der Waals surface area contributed by atoms with Crippen molar-refractivity contribution in [2.45, 2.75) is 58.0 Å². The van der Waals surface area contributed by atoms with Gasteiger partial charge >= 0.3 is 0 Å². The van der Waals surface area contributed by atoms with Gasteiger partial charge in [0, 0.05) is 22.9 Å². The van der Waals surface area contributed by atoms with Gasteiger partial charge < -0.3 is 10.3 Å². The highest BCUT2D eigenvalue weighted by Crippen LogP contribution is 2.44. The Hall–Kier alpha value is -2.63. The molecule has 2 N–H and O–H groups in total. The molecule has 5 heteroatoms. The number of carbonyl (C=O) groups is 1. The van der Waals surface area contributed by atoms with Gasteiger partial charge in [0.1, 0.15) is 6.61 Å². The van der Waals surface area contributed by atoms with Crippen molar-refractivity contribution in [1.29, 1.82) is 0 Å². The maximum absolute atomic E-state index is 12.1. The van der Waals surface area contributed by atoms with Crippen molar-refractivity contribution in [3.63, 3.8) is 0 Å². The average Bonchev–Trinajstić information content (AvgIpc) is 3.17. The lowest BCUT2D eigenvalue weighted by Gasteiger charge is -2.23. The summed E-state index contributed by atoms with van der Waals surface area (Å²) in [5, 5.41) is 4.34. The molecule has 30 heavy (non-hydrogen) atoms. The van der Waals surface area contributed by atoms with Crippen LogP contribution in [-0.4, -0.2) is 18.0 Å². The van der Waals surface area contributed by atoms with Crippen molar-refractivity contribution in [1.82, 2.24) is 4.98 Å². The normalized spacial score (nSPS) is 14.9. The number of amides is 1. The summed E-state index contributed by atoms with van der Waals surface area (Å²) in [5.74, 6) is 0.551. The number of H-pyrrole nitrogens is 1. The standard InChI is InChI=1S/C25H30N2O3/c1-3-23(28)26-21-12-8-7-11-20(21)25-24(18-9-5-4-6-10-18)19-14-13-17(16-30-29-2)15-22(19)27-25/h7-8,11-15,18,27H,3-6,9-10,16H2,1-2H3,(H,26,28). The summed E-state index contributed by atoms with van der Waals surface area (Å²) in [6.07, 6.45) is 6.72. The zero-order valence-electron chi connectivity index (χ0n) is 17.8. The lowest BCUT2D eigenvalue weighted by Crippen LogP contribution is -2.11. The summed E-state index contributed by atoms with van der Waals surface area (Å²) in [6, 6.07) is 14.5. The number of carbonyl (C=O) groups excluding carboxylic acids is 1. The first-order valence-corrected chi connectivity index (χ1v) is 10.9. The van der Waals surface area contributed by atoms with Crippen LogP contribution >= 0.6 is 0 Å². The number of nitrogens with one attached hydrogen (secondary N) is 2. The van der Waals surface area contributed by atoms with Crippen LogP contribution in [0.4, 0.5) is 5.69 Å².